The molecular formula is C8H10BN3. The number of pyridine rings is 1. The molecular weight excluding hydrogens is 149 g/mol. The van der Waals surface area contributed by atoms with Gasteiger partial charge in [0, 0.05) is 18.6 Å². The fourth-order valence-electron chi connectivity index (χ4n) is 1.43. The molecule has 12 heavy (non-hydrogen) atoms. The number of nitrogens with zero attached hydrogens (tertiary/aromatic N) is 1. The predicted molar refractivity (Wildman–Crippen MR) is 53.8 cm³/mol. The summed E-state index contributed by atoms with van der Waals surface area (Å²) in [6.45, 7) is 0. The van der Waals surface area contributed by atoms with Gasteiger partial charge >= 0.3 is 0 Å². The van der Waals surface area contributed by atoms with Gasteiger partial charge in [-0.3, -0.25) is 0 Å². The molecule has 0 spiro atoms. The van der Waals surface area contributed by atoms with E-state index in [1.54, 1.807) is 6.20 Å². The normalized spacial score (nSPS) is 10.4. The fourth-order valence-corrected chi connectivity index (χ4v) is 1.43. The van der Waals surface area contributed by atoms with Crippen LogP contribution in [-0.2, 0) is 0 Å². The topological polar surface area (TPSA) is 40.7 Å². The molecule has 2 rings (SSSR count). The maximum atomic E-state index is 4.23. The molecule has 0 atom stereocenters. The van der Waals surface area contributed by atoms with Crippen LogP contribution in [0.5, 0.6) is 0 Å². The van der Waals surface area contributed by atoms with E-state index in [-0.39, 0.29) is 0 Å². The molecule has 0 aliphatic carbocycles. The lowest BCUT2D eigenvalue weighted by Gasteiger charge is -2.00. The highest BCUT2D eigenvalue weighted by molar-refractivity contribution is 6.40. The minimum absolute atomic E-state index is 0.936. The van der Waals surface area contributed by atoms with Gasteiger partial charge < -0.3 is 10.3 Å². The van der Waals surface area contributed by atoms with Crippen LogP contribution < -0.4 is 10.8 Å². The highest BCUT2D eigenvalue weighted by Gasteiger charge is 2.03. The molecule has 0 aliphatic rings. The van der Waals surface area contributed by atoms with E-state index < -0.39 is 0 Å². The summed E-state index contributed by atoms with van der Waals surface area (Å²) in [7, 11) is 3.95. The summed E-state index contributed by atoms with van der Waals surface area (Å²) in [5.41, 5.74) is 2.36. The molecule has 2 aromatic rings. The van der Waals surface area contributed by atoms with Crippen molar-refractivity contribution in [1.29, 1.82) is 0 Å². The number of aromatic amines is 1. The zero-order valence-corrected chi connectivity index (χ0v) is 7.18. The summed E-state index contributed by atoms with van der Waals surface area (Å²) in [6.07, 6.45) is 3.79. The van der Waals surface area contributed by atoms with E-state index in [0.717, 1.165) is 11.3 Å². The number of anilines is 1. The first-order valence-corrected chi connectivity index (χ1v) is 3.93. The standard InChI is InChI=1S/C8H10BN3/c1-10-8-7-5(9)4-12-6(7)2-3-11-8/h2-4,12H,9H2,1H3,(H,10,11). The summed E-state index contributed by atoms with van der Waals surface area (Å²) in [5, 5.41) is 4.25. The van der Waals surface area contributed by atoms with Gasteiger partial charge in [-0.25, -0.2) is 4.98 Å². The first-order chi connectivity index (χ1) is 5.83. The Labute approximate surface area is 71.6 Å². The smallest absolute Gasteiger partial charge is 0.142 e. The average molecular weight is 159 g/mol. The van der Waals surface area contributed by atoms with Crippen LogP contribution in [0.15, 0.2) is 18.5 Å². The van der Waals surface area contributed by atoms with E-state index in [2.05, 4.69) is 23.1 Å². The van der Waals surface area contributed by atoms with Gasteiger partial charge in [0.1, 0.15) is 13.7 Å². The average Bonchev–Trinajstić information content (AvgIpc) is 2.48. The minimum Gasteiger partial charge on any atom is -0.373 e. The van der Waals surface area contributed by atoms with E-state index in [1.807, 2.05) is 19.3 Å². The van der Waals surface area contributed by atoms with Gasteiger partial charge in [0.25, 0.3) is 0 Å². The van der Waals surface area contributed by atoms with Crippen molar-refractivity contribution in [3.05, 3.63) is 18.5 Å². The fraction of sp³-hybridized carbons (Fsp3) is 0.125. The second-order valence-corrected chi connectivity index (χ2v) is 2.80. The first-order valence-electron chi connectivity index (χ1n) is 3.93. The van der Waals surface area contributed by atoms with E-state index in [1.165, 1.54) is 10.8 Å². The molecule has 0 saturated carbocycles. The molecule has 3 nitrogen and oxygen atoms in total. The Hall–Kier alpha value is -1.45. The third-order valence-corrected chi connectivity index (χ3v) is 2.03. The van der Waals surface area contributed by atoms with Gasteiger partial charge in [-0.05, 0) is 12.3 Å². The summed E-state index contributed by atoms with van der Waals surface area (Å²) < 4.78 is 0. The minimum atomic E-state index is 0.936. The number of H-pyrrole nitrogens is 1. The number of fused-ring (bicyclic) bond motifs is 1. The van der Waals surface area contributed by atoms with Crippen molar-refractivity contribution in [2.75, 3.05) is 12.4 Å². The molecule has 0 unspecified atom stereocenters. The first kappa shape index (κ1) is 7.22. The lowest BCUT2D eigenvalue weighted by atomic mass is 9.96. The second-order valence-electron chi connectivity index (χ2n) is 2.80. The molecule has 0 aliphatic heterocycles. The predicted octanol–water partition coefficient (Wildman–Crippen LogP) is -0.137. The maximum Gasteiger partial charge on any atom is 0.142 e. The van der Waals surface area contributed by atoms with Crippen LogP contribution in [0.4, 0.5) is 5.82 Å². The molecule has 4 heteroatoms. The van der Waals surface area contributed by atoms with Crippen molar-refractivity contribution in [2.24, 2.45) is 0 Å². The van der Waals surface area contributed by atoms with Crippen LogP contribution in [0, 0.1) is 0 Å². The number of hydrogen-bond donors (Lipinski definition) is 2. The SMILES string of the molecule is Bc1c[nH]c2ccnc(NC)c12. The summed E-state index contributed by atoms with van der Waals surface area (Å²) in [5.74, 6) is 0.936. The van der Waals surface area contributed by atoms with Crippen LogP contribution in [-0.4, -0.2) is 24.9 Å². The second kappa shape index (κ2) is 2.55. The van der Waals surface area contributed by atoms with Crippen molar-refractivity contribution in [1.82, 2.24) is 9.97 Å². The molecule has 2 heterocycles. The number of hydrogen-bond acceptors (Lipinski definition) is 2. The number of rotatable bonds is 1. The van der Waals surface area contributed by atoms with Crippen molar-refractivity contribution in [3.8, 4) is 0 Å². The molecule has 0 saturated heterocycles. The van der Waals surface area contributed by atoms with Crippen molar-refractivity contribution < 1.29 is 0 Å². The van der Waals surface area contributed by atoms with Gasteiger partial charge in [0.05, 0.1) is 5.52 Å². The number of nitrogens with one attached hydrogen (secondary N) is 2. The third kappa shape index (κ3) is 0.880. The molecule has 2 N–H and O–H groups in total. The molecule has 0 fully saturated rings. The summed E-state index contributed by atoms with van der Waals surface area (Å²) >= 11 is 0. The largest absolute Gasteiger partial charge is 0.373 e. The lowest BCUT2D eigenvalue weighted by Crippen LogP contribution is -2.02. The van der Waals surface area contributed by atoms with Gasteiger partial charge in [-0.2, -0.15) is 0 Å². The van der Waals surface area contributed by atoms with E-state index in [4.69, 9.17) is 0 Å². The van der Waals surface area contributed by atoms with Gasteiger partial charge in [-0.1, -0.05) is 5.46 Å². The zero-order chi connectivity index (χ0) is 8.55. The van der Waals surface area contributed by atoms with Crippen LogP contribution in [0.3, 0.4) is 0 Å². The Kier molecular flexibility index (Phi) is 1.53. The molecule has 0 radical (unpaired) electrons. The molecule has 2 aromatic heterocycles. The van der Waals surface area contributed by atoms with E-state index in [0.29, 0.717) is 0 Å². The highest BCUT2D eigenvalue weighted by atomic mass is 15.0. The monoisotopic (exact) mass is 159 g/mol. The van der Waals surface area contributed by atoms with E-state index >= 15 is 0 Å². The van der Waals surface area contributed by atoms with E-state index in [9.17, 15) is 0 Å². The van der Waals surface area contributed by atoms with Crippen molar-refractivity contribution >= 4 is 30.0 Å². The highest BCUT2D eigenvalue weighted by Crippen LogP contribution is 2.15. The quantitative estimate of drug-likeness (QED) is 0.568. The van der Waals surface area contributed by atoms with Gasteiger partial charge in [0.2, 0.25) is 0 Å². The molecule has 0 bridgehead atoms. The van der Waals surface area contributed by atoms with Gasteiger partial charge in [-0.15, -0.1) is 0 Å². The van der Waals surface area contributed by atoms with Gasteiger partial charge in [0.15, 0.2) is 0 Å². The van der Waals surface area contributed by atoms with Crippen LogP contribution in [0.25, 0.3) is 10.9 Å². The van der Waals surface area contributed by atoms with Crippen LogP contribution in [0.1, 0.15) is 0 Å². The maximum absolute atomic E-state index is 4.23. The summed E-state index contributed by atoms with van der Waals surface area (Å²) in [6, 6.07) is 1.98. The van der Waals surface area contributed by atoms with Crippen molar-refractivity contribution in [2.45, 2.75) is 0 Å². The Balaban J connectivity index is 2.84. The molecule has 0 amide bonds. The third-order valence-electron chi connectivity index (χ3n) is 2.03. The Morgan fingerprint density at radius 2 is 2.42 bits per heavy atom. The van der Waals surface area contributed by atoms with Crippen LogP contribution in [0.2, 0.25) is 0 Å². The summed E-state index contributed by atoms with van der Waals surface area (Å²) in [4.78, 5) is 7.41. The molecule has 60 valence electrons. The Morgan fingerprint density at radius 3 is 3.17 bits per heavy atom. The molecule has 0 aromatic carbocycles. The van der Waals surface area contributed by atoms with Crippen molar-refractivity contribution in [3.63, 3.8) is 0 Å². The lowest BCUT2D eigenvalue weighted by molar-refractivity contribution is 1.31. The zero-order valence-electron chi connectivity index (χ0n) is 7.18. The Morgan fingerprint density at radius 1 is 1.58 bits per heavy atom. The van der Waals surface area contributed by atoms with Crippen LogP contribution >= 0.6 is 0 Å². The Bertz CT molecular complexity index is 408. The number of aromatic nitrogens is 2.